The Hall–Kier alpha value is -2.35. The number of carbonyl (C=O) groups excluding carboxylic acids is 2. The number of alkyl carbamates (subject to hydrolysis) is 1. The van der Waals surface area contributed by atoms with Crippen molar-refractivity contribution in [3.8, 4) is 0 Å². The zero-order chi connectivity index (χ0) is 21.4. The van der Waals surface area contributed by atoms with Crippen molar-refractivity contribution >= 4 is 40.7 Å². The molecule has 0 aliphatic carbocycles. The maximum absolute atomic E-state index is 12.6. The molecule has 2 rings (SSSR count). The van der Waals surface area contributed by atoms with Gasteiger partial charge in [0, 0.05) is 3.57 Å². The molecule has 1 N–H and O–H groups in total. The van der Waals surface area contributed by atoms with E-state index in [1.807, 2.05) is 54.6 Å². The highest BCUT2D eigenvalue weighted by atomic mass is 127. The molecule has 0 aliphatic heterocycles. The second kappa shape index (κ2) is 10.4. The summed E-state index contributed by atoms with van der Waals surface area (Å²) in [5.74, 6) is -0.500. The van der Waals surface area contributed by atoms with Crippen molar-refractivity contribution in [1.82, 2.24) is 5.32 Å². The van der Waals surface area contributed by atoms with Crippen LogP contribution in [-0.2, 0) is 20.7 Å². The summed E-state index contributed by atoms with van der Waals surface area (Å²) in [6.45, 7) is 5.38. The van der Waals surface area contributed by atoms with Crippen LogP contribution in [0, 0.1) is 3.57 Å². The second-order valence-electron chi connectivity index (χ2n) is 7.53. The standard InChI is InChI=1S/C23H26INO4/c1-23(2,3)29-22(27)25-20(15-16-8-6-5-7-9-16)19(21(26)28-4)14-17-10-12-18(24)13-11-17/h5-14,20H,15H2,1-4H3,(H,25,27)/b19-14-/t20-/m0/s1. The maximum Gasteiger partial charge on any atom is 0.408 e. The fourth-order valence-corrected chi connectivity index (χ4v) is 3.06. The van der Waals surface area contributed by atoms with E-state index in [0.29, 0.717) is 12.0 Å². The van der Waals surface area contributed by atoms with Crippen LogP contribution in [0.25, 0.3) is 6.08 Å². The zero-order valence-electron chi connectivity index (χ0n) is 17.1. The Morgan fingerprint density at radius 2 is 1.69 bits per heavy atom. The van der Waals surface area contributed by atoms with Crippen LogP contribution in [-0.4, -0.2) is 30.8 Å². The van der Waals surface area contributed by atoms with Gasteiger partial charge in [0.2, 0.25) is 0 Å². The molecule has 0 saturated carbocycles. The highest BCUT2D eigenvalue weighted by molar-refractivity contribution is 14.1. The first-order valence-electron chi connectivity index (χ1n) is 9.27. The summed E-state index contributed by atoms with van der Waals surface area (Å²) < 4.78 is 11.5. The zero-order valence-corrected chi connectivity index (χ0v) is 19.2. The van der Waals surface area contributed by atoms with E-state index >= 15 is 0 Å². The van der Waals surface area contributed by atoms with Crippen LogP contribution in [0.1, 0.15) is 31.9 Å². The Balaban J connectivity index is 2.40. The largest absolute Gasteiger partial charge is 0.466 e. The van der Waals surface area contributed by atoms with Gasteiger partial charge in [-0.05, 0) is 79.1 Å². The molecular formula is C23H26INO4. The highest BCUT2D eigenvalue weighted by Gasteiger charge is 2.26. The van der Waals surface area contributed by atoms with E-state index in [-0.39, 0.29) is 0 Å². The summed E-state index contributed by atoms with van der Waals surface area (Å²) in [5.41, 5.74) is 1.52. The number of benzene rings is 2. The number of methoxy groups -OCH3 is 1. The first-order valence-corrected chi connectivity index (χ1v) is 10.3. The molecule has 29 heavy (non-hydrogen) atoms. The minimum atomic E-state index is -0.646. The topological polar surface area (TPSA) is 64.6 Å². The molecule has 0 radical (unpaired) electrons. The first-order chi connectivity index (χ1) is 13.7. The van der Waals surface area contributed by atoms with Gasteiger partial charge in [0.1, 0.15) is 5.60 Å². The van der Waals surface area contributed by atoms with Gasteiger partial charge in [-0.1, -0.05) is 42.5 Å². The van der Waals surface area contributed by atoms with Gasteiger partial charge in [0.05, 0.1) is 18.7 Å². The predicted molar refractivity (Wildman–Crippen MR) is 122 cm³/mol. The predicted octanol–water partition coefficient (Wildman–Crippen LogP) is 4.98. The summed E-state index contributed by atoms with van der Waals surface area (Å²) in [5, 5.41) is 2.84. The maximum atomic E-state index is 12.6. The minimum Gasteiger partial charge on any atom is -0.466 e. The van der Waals surface area contributed by atoms with Crippen LogP contribution in [0.3, 0.4) is 0 Å². The van der Waals surface area contributed by atoms with E-state index in [1.54, 1.807) is 26.8 Å². The number of hydrogen-bond acceptors (Lipinski definition) is 4. The van der Waals surface area contributed by atoms with Crippen LogP contribution < -0.4 is 5.32 Å². The molecule has 5 nitrogen and oxygen atoms in total. The van der Waals surface area contributed by atoms with Gasteiger partial charge in [-0.15, -0.1) is 0 Å². The molecule has 0 aliphatic rings. The van der Waals surface area contributed by atoms with Crippen molar-refractivity contribution in [2.24, 2.45) is 0 Å². The quantitative estimate of drug-likeness (QED) is 0.340. The Morgan fingerprint density at radius 3 is 2.24 bits per heavy atom. The van der Waals surface area contributed by atoms with Crippen molar-refractivity contribution in [1.29, 1.82) is 0 Å². The van der Waals surface area contributed by atoms with Crippen molar-refractivity contribution < 1.29 is 19.1 Å². The Kier molecular flexibility index (Phi) is 8.25. The second-order valence-corrected chi connectivity index (χ2v) is 8.78. The van der Waals surface area contributed by atoms with Crippen molar-refractivity contribution in [3.63, 3.8) is 0 Å². The van der Waals surface area contributed by atoms with Gasteiger partial charge in [0.25, 0.3) is 0 Å². The summed E-state index contributed by atoms with van der Waals surface area (Å²) in [4.78, 5) is 25.1. The lowest BCUT2D eigenvalue weighted by atomic mass is 9.97. The summed E-state index contributed by atoms with van der Waals surface area (Å²) >= 11 is 2.22. The molecule has 1 atom stereocenters. The molecule has 154 valence electrons. The monoisotopic (exact) mass is 507 g/mol. The summed E-state index contributed by atoms with van der Waals surface area (Å²) in [7, 11) is 1.33. The third kappa shape index (κ3) is 7.89. The lowest BCUT2D eigenvalue weighted by Gasteiger charge is -2.25. The third-order valence-corrected chi connectivity index (χ3v) is 4.68. The molecule has 2 aromatic carbocycles. The lowest BCUT2D eigenvalue weighted by Crippen LogP contribution is -2.43. The molecule has 1 amide bonds. The number of nitrogens with one attached hydrogen (secondary N) is 1. The van der Waals surface area contributed by atoms with Gasteiger partial charge in [-0.2, -0.15) is 0 Å². The molecule has 0 fully saturated rings. The Labute approximate surface area is 185 Å². The molecular weight excluding hydrogens is 481 g/mol. The number of carbonyl (C=O) groups is 2. The minimum absolute atomic E-state index is 0.350. The van der Waals surface area contributed by atoms with Gasteiger partial charge < -0.3 is 14.8 Å². The van der Waals surface area contributed by atoms with Crippen LogP contribution in [0.5, 0.6) is 0 Å². The van der Waals surface area contributed by atoms with E-state index in [2.05, 4.69) is 27.9 Å². The van der Waals surface area contributed by atoms with Crippen molar-refractivity contribution in [2.45, 2.75) is 38.8 Å². The normalized spacial score (nSPS) is 12.8. The fraction of sp³-hybridized carbons (Fsp3) is 0.304. The van der Waals surface area contributed by atoms with E-state index in [0.717, 1.165) is 14.7 Å². The van der Waals surface area contributed by atoms with Gasteiger partial charge in [-0.3, -0.25) is 0 Å². The van der Waals surface area contributed by atoms with Crippen LogP contribution in [0.2, 0.25) is 0 Å². The Morgan fingerprint density at radius 1 is 1.07 bits per heavy atom. The SMILES string of the molecule is COC(=O)/C(=C\c1ccc(I)cc1)[C@H](Cc1ccccc1)NC(=O)OC(C)(C)C. The summed E-state index contributed by atoms with van der Waals surface area (Å²) in [6.07, 6.45) is 1.58. The smallest absolute Gasteiger partial charge is 0.408 e. The molecule has 0 spiro atoms. The average molecular weight is 507 g/mol. The van der Waals surface area contributed by atoms with Gasteiger partial charge in [-0.25, -0.2) is 9.59 Å². The molecule has 0 aromatic heterocycles. The van der Waals surface area contributed by atoms with Gasteiger partial charge in [0.15, 0.2) is 0 Å². The van der Waals surface area contributed by atoms with Crippen LogP contribution in [0.4, 0.5) is 4.79 Å². The molecule has 0 bridgehead atoms. The number of ether oxygens (including phenoxy) is 2. The molecule has 0 unspecified atom stereocenters. The highest BCUT2D eigenvalue weighted by Crippen LogP contribution is 2.18. The number of rotatable bonds is 6. The Bertz CT molecular complexity index is 855. The van der Waals surface area contributed by atoms with Crippen LogP contribution in [0.15, 0.2) is 60.2 Å². The van der Waals surface area contributed by atoms with E-state index < -0.39 is 23.7 Å². The average Bonchev–Trinajstić information content (AvgIpc) is 2.66. The number of halogens is 1. The molecule has 2 aromatic rings. The van der Waals surface area contributed by atoms with Crippen LogP contribution >= 0.6 is 22.6 Å². The number of esters is 1. The molecule has 6 heteroatoms. The first kappa shape index (κ1) is 22.9. The molecule has 0 heterocycles. The number of amides is 1. The number of hydrogen-bond donors (Lipinski definition) is 1. The van der Waals surface area contributed by atoms with Gasteiger partial charge >= 0.3 is 12.1 Å². The van der Waals surface area contributed by atoms with Crippen molar-refractivity contribution in [3.05, 3.63) is 74.9 Å². The van der Waals surface area contributed by atoms with Crippen molar-refractivity contribution in [2.75, 3.05) is 7.11 Å². The van der Waals surface area contributed by atoms with E-state index in [1.165, 1.54) is 7.11 Å². The van der Waals surface area contributed by atoms with E-state index in [4.69, 9.17) is 9.47 Å². The van der Waals surface area contributed by atoms with E-state index in [9.17, 15) is 9.59 Å². The summed E-state index contributed by atoms with van der Waals surface area (Å²) in [6, 6.07) is 16.8. The lowest BCUT2D eigenvalue weighted by molar-refractivity contribution is -0.136. The molecule has 0 saturated heterocycles. The fourth-order valence-electron chi connectivity index (χ4n) is 2.70. The third-order valence-electron chi connectivity index (χ3n) is 3.96.